The lowest BCUT2D eigenvalue weighted by Crippen LogP contribution is -2.64. The number of hydrogen-bond acceptors (Lipinski definition) is 11. The first-order valence-electron chi connectivity index (χ1n) is 12.5. The molecule has 1 unspecified atom stereocenters. The Morgan fingerprint density at radius 2 is 1.61 bits per heavy atom. The monoisotopic (exact) mass is 585 g/mol. The number of β-lactam (4-membered cyclic amide) rings is 1. The molecule has 2 aromatic carbocycles. The number of carboxylic acids is 1. The molecule has 0 aliphatic carbocycles. The van der Waals surface area contributed by atoms with E-state index in [1.807, 2.05) is 0 Å². The van der Waals surface area contributed by atoms with Crippen LogP contribution >= 0.6 is 11.8 Å². The molecular weight excluding hydrogens is 560 g/mol. The maximum absolute atomic E-state index is 12.8. The summed E-state index contributed by atoms with van der Waals surface area (Å²) in [6, 6.07) is 10.7. The molecule has 2 N–H and O–H groups in total. The smallest absolute Gasteiger partial charge is 0.407 e. The van der Waals surface area contributed by atoms with Gasteiger partial charge in [0.15, 0.2) is 0 Å². The van der Waals surface area contributed by atoms with E-state index in [0.717, 1.165) is 16.7 Å². The van der Waals surface area contributed by atoms with Crippen LogP contribution in [0.3, 0.4) is 0 Å². The number of nitro benzene ring substituents is 2. The Morgan fingerprint density at radius 1 is 1.05 bits per heavy atom. The van der Waals surface area contributed by atoms with Gasteiger partial charge in [-0.3, -0.25) is 25.0 Å². The van der Waals surface area contributed by atoms with E-state index in [-0.39, 0.29) is 42.4 Å². The lowest BCUT2D eigenvalue weighted by atomic mass is 9.76. The highest BCUT2D eigenvalue weighted by molar-refractivity contribution is 8.03. The van der Waals surface area contributed by atoms with Gasteiger partial charge in [0, 0.05) is 47.4 Å². The minimum Gasteiger partial charge on any atom is -0.543 e. The SMILES string of the molecule is C[C@H](O)[C@H]1C(=O)N2C(C(=O)[O-])=C(SCCNC(=O)OCc3ccc([N+](=O)[O-])cc3)C(Cc3ccc([N+](=O)[O-])cc3)[C@@H]12. The van der Waals surface area contributed by atoms with Crippen LogP contribution in [-0.4, -0.2) is 62.3 Å². The molecule has 41 heavy (non-hydrogen) atoms. The molecule has 0 saturated carbocycles. The van der Waals surface area contributed by atoms with E-state index in [0.29, 0.717) is 16.0 Å². The standard InChI is InChI=1S/C26H26N4O10S/c1-14(31)20-21-19(12-15-2-6-17(7-3-15)29(36)37)23(22(25(33)34)28(21)24(20)32)41-11-10-27-26(35)40-13-16-4-8-18(9-5-16)30(38)39/h2-9,14,19-21,31H,10-13H2,1H3,(H,27,35)(H,33,34)/p-1/t14-,19?,20+,21-/m0/s1. The maximum Gasteiger partial charge on any atom is 0.407 e. The van der Waals surface area contributed by atoms with Crippen LogP contribution in [0.15, 0.2) is 59.1 Å². The molecule has 2 aliphatic heterocycles. The van der Waals surface area contributed by atoms with Gasteiger partial charge >= 0.3 is 6.09 Å². The molecule has 1 fully saturated rings. The first-order valence-corrected chi connectivity index (χ1v) is 13.4. The predicted molar refractivity (Wildman–Crippen MR) is 142 cm³/mol. The summed E-state index contributed by atoms with van der Waals surface area (Å²) < 4.78 is 5.11. The first kappa shape index (κ1) is 29.5. The fraction of sp³-hybridized carbons (Fsp3) is 0.346. The van der Waals surface area contributed by atoms with Gasteiger partial charge in [-0.25, -0.2) is 4.79 Å². The molecule has 0 radical (unpaired) electrons. The summed E-state index contributed by atoms with van der Waals surface area (Å²) in [5.74, 6) is -3.21. The topological polar surface area (TPSA) is 205 Å². The van der Waals surface area contributed by atoms with Gasteiger partial charge in [0.25, 0.3) is 11.4 Å². The fourth-order valence-corrected chi connectivity index (χ4v) is 6.17. The minimum absolute atomic E-state index is 0.0796. The quantitative estimate of drug-likeness (QED) is 0.158. The van der Waals surface area contributed by atoms with Gasteiger partial charge in [-0.05, 0) is 36.6 Å². The van der Waals surface area contributed by atoms with Crippen LogP contribution in [0.1, 0.15) is 18.1 Å². The van der Waals surface area contributed by atoms with Crippen molar-refractivity contribution >= 4 is 41.1 Å². The van der Waals surface area contributed by atoms with Gasteiger partial charge in [0.1, 0.15) is 6.61 Å². The van der Waals surface area contributed by atoms with Crippen LogP contribution in [0.5, 0.6) is 0 Å². The summed E-state index contributed by atoms with van der Waals surface area (Å²) in [4.78, 5) is 59.2. The number of rotatable bonds is 12. The van der Waals surface area contributed by atoms with Crippen molar-refractivity contribution in [2.24, 2.45) is 11.8 Å². The number of nitro groups is 2. The number of alkyl carbamates (subject to hydrolysis) is 1. The van der Waals surface area contributed by atoms with E-state index >= 15 is 0 Å². The molecule has 0 spiro atoms. The summed E-state index contributed by atoms with van der Waals surface area (Å²) in [7, 11) is 0. The van der Waals surface area contributed by atoms with E-state index < -0.39 is 51.8 Å². The van der Waals surface area contributed by atoms with Crippen molar-refractivity contribution in [2.45, 2.75) is 32.1 Å². The van der Waals surface area contributed by atoms with Gasteiger partial charge < -0.3 is 30.0 Å². The number of benzene rings is 2. The number of ether oxygens (including phenoxy) is 1. The highest BCUT2D eigenvalue weighted by atomic mass is 32.2. The number of fused-ring (bicyclic) bond motifs is 1. The Morgan fingerprint density at radius 3 is 2.12 bits per heavy atom. The summed E-state index contributed by atoms with van der Waals surface area (Å²) in [6.07, 6.45) is -1.53. The first-order chi connectivity index (χ1) is 19.5. The normalized spacial score (nSPS) is 20.2. The number of carbonyl (C=O) groups is 3. The number of thioether (sulfide) groups is 1. The Bertz CT molecular complexity index is 1390. The number of nitrogens with zero attached hydrogens (tertiary/aromatic N) is 3. The Balaban J connectivity index is 1.41. The number of aliphatic hydroxyl groups excluding tert-OH is 1. The molecule has 0 aromatic heterocycles. The van der Waals surface area contributed by atoms with Crippen molar-refractivity contribution in [3.05, 3.63) is 90.5 Å². The fourth-order valence-electron chi connectivity index (χ4n) is 4.99. The molecule has 4 atom stereocenters. The van der Waals surface area contributed by atoms with Crippen molar-refractivity contribution in [2.75, 3.05) is 12.3 Å². The molecule has 2 aliphatic rings. The predicted octanol–water partition coefficient (Wildman–Crippen LogP) is 1.50. The summed E-state index contributed by atoms with van der Waals surface area (Å²) in [5.41, 5.74) is 0.746. The second-order valence-electron chi connectivity index (χ2n) is 9.47. The molecule has 216 valence electrons. The van der Waals surface area contributed by atoms with Gasteiger partial charge in [-0.2, -0.15) is 0 Å². The third kappa shape index (κ3) is 6.30. The van der Waals surface area contributed by atoms with Crippen LogP contribution in [0.25, 0.3) is 0 Å². The number of aliphatic carboxylic acids is 1. The Labute approximate surface area is 237 Å². The lowest BCUT2D eigenvalue weighted by molar-refractivity contribution is -0.385. The second kappa shape index (κ2) is 12.3. The van der Waals surface area contributed by atoms with Gasteiger partial charge in [0.05, 0.1) is 39.6 Å². The molecule has 4 rings (SSSR count). The summed E-state index contributed by atoms with van der Waals surface area (Å²) in [6.45, 7) is 1.42. The van der Waals surface area contributed by atoms with Crippen LogP contribution < -0.4 is 10.4 Å². The zero-order valence-corrected chi connectivity index (χ0v) is 22.4. The van der Waals surface area contributed by atoms with E-state index in [1.165, 1.54) is 43.3 Å². The zero-order valence-electron chi connectivity index (χ0n) is 21.6. The third-order valence-corrected chi connectivity index (χ3v) is 8.09. The van der Waals surface area contributed by atoms with Gasteiger partial charge in [-0.15, -0.1) is 11.8 Å². The van der Waals surface area contributed by atoms with Gasteiger partial charge in [0.2, 0.25) is 5.91 Å². The van der Waals surface area contributed by atoms with Crippen LogP contribution in [0, 0.1) is 32.1 Å². The minimum atomic E-state index is -1.54. The molecule has 2 aromatic rings. The summed E-state index contributed by atoms with van der Waals surface area (Å²) in [5, 5.41) is 46.6. The molecule has 14 nitrogen and oxygen atoms in total. The summed E-state index contributed by atoms with van der Waals surface area (Å²) >= 11 is 1.12. The maximum atomic E-state index is 12.8. The van der Waals surface area contributed by atoms with E-state index in [4.69, 9.17) is 4.74 Å². The van der Waals surface area contributed by atoms with E-state index in [9.17, 15) is 44.8 Å². The number of amides is 2. The van der Waals surface area contributed by atoms with Crippen molar-refractivity contribution in [1.29, 1.82) is 0 Å². The van der Waals surface area contributed by atoms with Gasteiger partial charge in [-0.1, -0.05) is 12.1 Å². The van der Waals surface area contributed by atoms with Crippen LogP contribution in [0.2, 0.25) is 0 Å². The Hall–Kier alpha value is -4.50. The molecule has 1 saturated heterocycles. The number of hydrogen-bond donors (Lipinski definition) is 2. The second-order valence-corrected chi connectivity index (χ2v) is 10.6. The highest BCUT2D eigenvalue weighted by Crippen LogP contribution is 2.51. The number of non-ortho nitro benzene ring substituents is 2. The largest absolute Gasteiger partial charge is 0.543 e. The van der Waals surface area contributed by atoms with Crippen molar-refractivity contribution in [3.8, 4) is 0 Å². The van der Waals surface area contributed by atoms with Crippen molar-refractivity contribution in [3.63, 3.8) is 0 Å². The van der Waals surface area contributed by atoms with Crippen molar-refractivity contribution in [1.82, 2.24) is 10.2 Å². The Kier molecular flexibility index (Phi) is 8.88. The molecule has 2 heterocycles. The number of carboxylic acid groups (broad SMARTS) is 1. The average Bonchev–Trinajstić information content (AvgIpc) is 3.19. The lowest BCUT2D eigenvalue weighted by Gasteiger charge is -2.47. The number of nitrogens with one attached hydrogen (secondary N) is 1. The van der Waals surface area contributed by atoms with Crippen LogP contribution in [0.4, 0.5) is 16.2 Å². The number of aliphatic hydroxyl groups is 1. The molecule has 2 amide bonds. The highest BCUT2D eigenvalue weighted by Gasteiger charge is 2.59. The molecule has 0 bridgehead atoms. The van der Waals surface area contributed by atoms with E-state index in [2.05, 4.69) is 5.32 Å². The van der Waals surface area contributed by atoms with Crippen molar-refractivity contribution < 1.29 is 39.2 Å². The molecular formula is C26H25N4O10S-. The molecule has 15 heteroatoms. The van der Waals surface area contributed by atoms with Crippen LogP contribution in [-0.2, 0) is 27.4 Å². The number of carbonyl (C=O) groups excluding carboxylic acids is 3. The average molecular weight is 586 g/mol. The van der Waals surface area contributed by atoms with E-state index in [1.54, 1.807) is 12.1 Å². The zero-order chi connectivity index (χ0) is 29.8. The third-order valence-electron chi connectivity index (χ3n) is 6.87.